The first-order valence-electron chi connectivity index (χ1n) is 7.06. The van der Waals surface area contributed by atoms with Crippen LogP contribution >= 0.6 is 0 Å². The molecule has 1 fully saturated rings. The van der Waals surface area contributed by atoms with Crippen molar-refractivity contribution in [1.29, 1.82) is 0 Å². The van der Waals surface area contributed by atoms with Gasteiger partial charge >= 0.3 is 0 Å². The Bertz CT molecular complexity index is 591. The van der Waals surface area contributed by atoms with E-state index < -0.39 is 0 Å². The fraction of sp³-hybridized carbons (Fsp3) is 0.400. The standard InChI is InChI=1S/C15H17N3O3/c19-15(12-4-2-1-3-5-12)16-10-13-17-14(18-21-13)11-6-8-20-9-7-11/h1-5,11H,6-10H2,(H,16,19). The van der Waals surface area contributed by atoms with Crippen LogP contribution in [0.3, 0.4) is 0 Å². The van der Waals surface area contributed by atoms with E-state index in [1.165, 1.54) is 0 Å². The number of hydrogen-bond donors (Lipinski definition) is 1. The van der Waals surface area contributed by atoms with E-state index in [0.29, 0.717) is 23.2 Å². The quantitative estimate of drug-likeness (QED) is 0.929. The van der Waals surface area contributed by atoms with Crippen LogP contribution in [-0.4, -0.2) is 29.3 Å². The van der Waals surface area contributed by atoms with Crippen molar-refractivity contribution in [2.75, 3.05) is 13.2 Å². The third kappa shape index (κ3) is 3.46. The minimum absolute atomic E-state index is 0.151. The number of ether oxygens (including phenoxy) is 1. The van der Waals surface area contributed by atoms with Crippen LogP contribution < -0.4 is 5.32 Å². The number of carbonyl (C=O) groups is 1. The topological polar surface area (TPSA) is 77.2 Å². The molecular weight excluding hydrogens is 270 g/mol. The summed E-state index contributed by atoms with van der Waals surface area (Å²) in [5, 5.41) is 6.77. The van der Waals surface area contributed by atoms with Crippen LogP contribution in [0.5, 0.6) is 0 Å². The minimum atomic E-state index is -0.151. The Morgan fingerprint density at radius 1 is 1.24 bits per heavy atom. The van der Waals surface area contributed by atoms with Crippen LogP contribution in [0.2, 0.25) is 0 Å². The van der Waals surface area contributed by atoms with Gasteiger partial charge in [-0.05, 0) is 25.0 Å². The summed E-state index contributed by atoms with van der Waals surface area (Å²) in [6, 6.07) is 9.04. The normalized spacial score (nSPS) is 15.8. The molecule has 1 aliphatic heterocycles. The van der Waals surface area contributed by atoms with Gasteiger partial charge in [0, 0.05) is 24.7 Å². The molecule has 0 bridgehead atoms. The summed E-state index contributed by atoms with van der Waals surface area (Å²) in [4.78, 5) is 16.3. The fourth-order valence-electron chi connectivity index (χ4n) is 2.31. The Labute approximate surface area is 122 Å². The third-order valence-corrected chi connectivity index (χ3v) is 3.51. The molecule has 1 amide bonds. The van der Waals surface area contributed by atoms with E-state index in [1.54, 1.807) is 12.1 Å². The maximum atomic E-state index is 11.9. The first-order valence-corrected chi connectivity index (χ1v) is 7.06. The van der Waals surface area contributed by atoms with Crippen LogP contribution in [0.25, 0.3) is 0 Å². The number of nitrogens with one attached hydrogen (secondary N) is 1. The molecule has 0 aliphatic carbocycles. The second kappa shape index (κ2) is 6.49. The van der Waals surface area contributed by atoms with Gasteiger partial charge in [0.1, 0.15) is 0 Å². The molecule has 6 heteroatoms. The molecule has 0 radical (unpaired) electrons. The zero-order valence-electron chi connectivity index (χ0n) is 11.6. The van der Waals surface area contributed by atoms with Crippen molar-refractivity contribution in [1.82, 2.24) is 15.5 Å². The molecule has 110 valence electrons. The third-order valence-electron chi connectivity index (χ3n) is 3.51. The number of nitrogens with zero attached hydrogens (tertiary/aromatic N) is 2. The number of benzene rings is 1. The van der Waals surface area contributed by atoms with Crippen LogP contribution in [0.1, 0.15) is 40.8 Å². The summed E-state index contributed by atoms with van der Waals surface area (Å²) in [5.41, 5.74) is 0.613. The lowest BCUT2D eigenvalue weighted by molar-refractivity contribution is 0.0830. The molecule has 0 unspecified atom stereocenters. The SMILES string of the molecule is O=C(NCc1nc(C2CCOCC2)no1)c1ccccc1. The molecule has 1 saturated heterocycles. The predicted octanol–water partition coefficient (Wildman–Crippen LogP) is 1.89. The first-order chi connectivity index (χ1) is 10.3. The van der Waals surface area contributed by atoms with E-state index >= 15 is 0 Å². The average Bonchev–Trinajstić information content (AvgIpc) is 3.03. The van der Waals surface area contributed by atoms with Crippen molar-refractivity contribution in [2.24, 2.45) is 0 Å². The highest BCUT2D eigenvalue weighted by atomic mass is 16.5. The highest BCUT2D eigenvalue weighted by molar-refractivity contribution is 5.93. The summed E-state index contributed by atoms with van der Waals surface area (Å²) < 4.78 is 10.5. The lowest BCUT2D eigenvalue weighted by Gasteiger charge is -2.18. The molecule has 0 atom stereocenters. The van der Waals surface area contributed by atoms with Crippen molar-refractivity contribution < 1.29 is 14.1 Å². The Balaban J connectivity index is 1.56. The number of carbonyl (C=O) groups excluding carboxylic acids is 1. The molecule has 21 heavy (non-hydrogen) atoms. The van der Waals surface area contributed by atoms with E-state index in [1.807, 2.05) is 18.2 Å². The molecule has 1 aromatic heterocycles. The smallest absolute Gasteiger partial charge is 0.251 e. The minimum Gasteiger partial charge on any atom is -0.381 e. The zero-order valence-corrected chi connectivity index (χ0v) is 11.6. The maximum absolute atomic E-state index is 11.9. The van der Waals surface area contributed by atoms with E-state index in [9.17, 15) is 4.79 Å². The van der Waals surface area contributed by atoms with E-state index in [0.717, 1.165) is 26.1 Å². The van der Waals surface area contributed by atoms with Crippen molar-refractivity contribution in [3.05, 3.63) is 47.6 Å². The molecule has 1 N–H and O–H groups in total. The van der Waals surface area contributed by atoms with Crippen LogP contribution in [-0.2, 0) is 11.3 Å². The highest BCUT2D eigenvalue weighted by Gasteiger charge is 2.21. The summed E-state index contributed by atoms with van der Waals surface area (Å²) >= 11 is 0. The molecule has 0 spiro atoms. The lowest BCUT2D eigenvalue weighted by Crippen LogP contribution is -2.23. The van der Waals surface area contributed by atoms with Crippen LogP contribution in [0, 0.1) is 0 Å². The van der Waals surface area contributed by atoms with E-state index in [2.05, 4.69) is 15.5 Å². The Morgan fingerprint density at radius 3 is 2.76 bits per heavy atom. The van der Waals surface area contributed by atoms with E-state index in [-0.39, 0.29) is 12.5 Å². The Kier molecular flexibility index (Phi) is 4.25. The molecule has 3 rings (SSSR count). The van der Waals surface area contributed by atoms with Gasteiger partial charge in [0.25, 0.3) is 5.91 Å². The molecule has 6 nitrogen and oxygen atoms in total. The molecular formula is C15H17N3O3. The van der Waals surface area contributed by atoms with Gasteiger partial charge in [-0.3, -0.25) is 4.79 Å². The number of hydrogen-bond acceptors (Lipinski definition) is 5. The number of rotatable bonds is 4. The van der Waals surface area contributed by atoms with Crippen LogP contribution in [0.4, 0.5) is 0 Å². The van der Waals surface area contributed by atoms with Crippen molar-refractivity contribution in [3.63, 3.8) is 0 Å². The molecule has 2 heterocycles. The maximum Gasteiger partial charge on any atom is 0.251 e. The van der Waals surface area contributed by atoms with Gasteiger partial charge in [0.05, 0.1) is 6.54 Å². The van der Waals surface area contributed by atoms with Crippen LogP contribution in [0.15, 0.2) is 34.9 Å². The Hall–Kier alpha value is -2.21. The predicted molar refractivity (Wildman–Crippen MR) is 74.7 cm³/mol. The van der Waals surface area contributed by atoms with E-state index in [4.69, 9.17) is 9.26 Å². The molecule has 2 aromatic rings. The van der Waals surface area contributed by atoms with Gasteiger partial charge in [-0.2, -0.15) is 4.98 Å². The van der Waals surface area contributed by atoms with Gasteiger partial charge in [-0.1, -0.05) is 23.4 Å². The van der Waals surface area contributed by atoms with Crippen molar-refractivity contribution in [3.8, 4) is 0 Å². The second-order valence-electron chi connectivity index (χ2n) is 4.98. The number of aromatic nitrogens is 2. The summed E-state index contributed by atoms with van der Waals surface area (Å²) in [5.74, 6) is 1.28. The monoisotopic (exact) mass is 287 g/mol. The summed E-state index contributed by atoms with van der Waals surface area (Å²) in [7, 11) is 0. The molecule has 1 aromatic carbocycles. The largest absolute Gasteiger partial charge is 0.381 e. The summed E-state index contributed by atoms with van der Waals surface area (Å²) in [6.07, 6.45) is 1.82. The average molecular weight is 287 g/mol. The fourth-order valence-corrected chi connectivity index (χ4v) is 2.31. The van der Waals surface area contributed by atoms with Gasteiger partial charge in [-0.25, -0.2) is 0 Å². The van der Waals surface area contributed by atoms with Gasteiger partial charge in [0.15, 0.2) is 5.82 Å². The zero-order chi connectivity index (χ0) is 14.5. The molecule has 0 saturated carbocycles. The summed E-state index contributed by atoms with van der Waals surface area (Å²) in [6.45, 7) is 1.71. The van der Waals surface area contributed by atoms with Gasteiger partial charge in [-0.15, -0.1) is 0 Å². The number of amides is 1. The van der Waals surface area contributed by atoms with Crippen molar-refractivity contribution >= 4 is 5.91 Å². The Morgan fingerprint density at radius 2 is 2.00 bits per heavy atom. The second-order valence-corrected chi connectivity index (χ2v) is 4.98. The first kappa shape index (κ1) is 13.8. The van der Waals surface area contributed by atoms with Gasteiger partial charge in [0.2, 0.25) is 5.89 Å². The highest BCUT2D eigenvalue weighted by Crippen LogP contribution is 2.24. The lowest BCUT2D eigenvalue weighted by atomic mass is 10.00. The molecule has 1 aliphatic rings. The van der Waals surface area contributed by atoms with Crippen molar-refractivity contribution in [2.45, 2.75) is 25.3 Å². The van der Waals surface area contributed by atoms with Gasteiger partial charge < -0.3 is 14.6 Å².